The molecule has 0 spiro atoms. The Kier molecular flexibility index (Phi) is 10.2. The lowest BCUT2D eigenvalue weighted by atomic mass is 10.1. The molecule has 1 aromatic heterocycles. The van der Waals surface area contributed by atoms with E-state index in [0.29, 0.717) is 12.3 Å². The molecule has 2 aromatic rings. The number of nitrogens with one attached hydrogen (secondary N) is 1. The number of rotatable bonds is 3. The van der Waals surface area contributed by atoms with Crippen LogP contribution in [-0.2, 0) is 11.3 Å². The van der Waals surface area contributed by atoms with Gasteiger partial charge >= 0.3 is 0 Å². The third kappa shape index (κ3) is 7.64. The predicted molar refractivity (Wildman–Crippen MR) is 115 cm³/mol. The zero-order chi connectivity index (χ0) is 21.3. The zero-order valence-electron chi connectivity index (χ0n) is 17.6. The second-order valence-electron chi connectivity index (χ2n) is 7.44. The molecule has 1 aliphatic heterocycles. The van der Waals surface area contributed by atoms with E-state index in [4.69, 9.17) is 4.52 Å². The molecule has 2 heterocycles. The standard InChI is InChI=1S/C16H18FN3O2.C4H10.CH4S/c1-10-8-20(11(2)16(21)18-10)9-14-7-15(22-19-14)12-3-5-13(17)6-4-12;1-4(2)3;1-2/h3-7,10-11H,8-9H2,1-2H3,(H,18,21);4H,1-3H3;2H,1H3. The predicted octanol–water partition coefficient (Wildman–Crippen LogP) is 4.40. The van der Waals surface area contributed by atoms with Gasteiger partial charge in [0.15, 0.2) is 5.76 Å². The van der Waals surface area contributed by atoms with Crippen LogP contribution in [0.15, 0.2) is 34.9 Å². The lowest BCUT2D eigenvalue weighted by Crippen LogP contribution is -2.57. The van der Waals surface area contributed by atoms with E-state index in [9.17, 15) is 9.18 Å². The number of halogens is 1. The molecule has 0 radical (unpaired) electrons. The molecule has 1 aliphatic rings. The Morgan fingerprint density at radius 3 is 2.39 bits per heavy atom. The van der Waals surface area contributed by atoms with Crippen molar-refractivity contribution in [1.82, 2.24) is 15.4 Å². The normalized spacial score (nSPS) is 19.2. The lowest BCUT2D eigenvalue weighted by Gasteiger charge is -2.35. The van der Waals surface area contributed by atoms with E-state index in [2.05, 4.69) is 48.8 Å². The monoisotopic (exact) mass is 409 g/mol. The molecule has 7 heteroatoms. The molecule has 0 aliphatic carbocycles. The first kappa shape index (κ1) is 24.2. The SMILES string of the molecule is CC(C)C.CC1CN(Cc2cc(-c3ccc(F)cc3)on2)C(C)C(=O)N1.CS. The Labute approximate surface area is 173 Å². The van der Waals surface area contributed by atoms with Gasteiger partial charge in [-0.1, -0.05) is 25.9 Å². The number of amides is 1. The summed E-state index contributed by atoms with van der Waals surface area (Å²) in [6, 6.07) is 7.83. The molecule has 1 fully saturated rings. The molecule has 1 saturated heterocycles. The molecule has 3 rings (SSSR count). The summed E-state index contributed by atoms with van der Waals surface area (Å²) in [7, 11) is 0. The van der Waals surface area contributed by atoms with Gasteiger partial charge in [0.2, 0.25) is 5.91 Å². The van der Waals surface area contributed by atoms with Gasteiger partial charge in [0.05, 0.1) is 11.7 Å². The van der Waals surface area contributed by atoms with Crippen molar-refractivity contribution >= 4 is 18.5 Å². The topological polar surface area (TPSA) is 58.4 Å². The van der Waals surface area contributed by atoms with Crippen LogP contribution in [0.1, 0.15) is 40.3 Å². The Morgan fingerprint density at radius 2 is 1.82 bits per heavy atom. The van der Waals surface area contributed by atoms with Crippen LogP contribution >= 0.6 is 12.6 Å². The quantitative estimate of drug-likeness (QED) is 0.738. The summed E-state index contributed by atoms with van der Waals surface area (Å²) < 4.78 is 18.3. The van der Waals surface area contributed by atoms with Gasteiger partial charge in [-0.05, 0) is 50.3 Å². The summed E-state index contributed by atoms with van der Waals surface area (Å²) in [5.74, 6) is 1.17. The summed E-state index contributed by atoms with van der Waals surface area (Å²) in [6.07, 6.45) is 1.69. The summed E-state index contributed by atoms with van der Waals surface area (Å²) in [5, 5.41) is 6.97. The number of hydrogen-bond donors (Lipinski definition) is 2. The third-order valence-corrected chi connectivity index (χ3v) is 3.88. The van der Waals surface area contributed by atoms with Crippen molar-refractivity contribution in [2.45, 2.75) is 53.2 Å². The van der Waals surface area contributed by atoms with Crippen molar-refractivity contribution in [3.63, 3.8) is 0 Å². The van der Waals surface area contributed by atoms with Crippen molar-refractivity contribution < 1.29 is 13.7 Å². The van der Waals surface area contributed by atoms with E-state index in [-0.39, 0.29) is 23.8 Å². The molecule has 156 valence electrons. The second kappa shape index (κ2) is 11.9. The highest BCUT2D eigenvalue weighted by atomic mass is 32.1. The fourth-order valence-corrected chi connectivity index (χ4v) is 2.63. The van der Waals surface area contributed by atoms with E-state index in [0.717, 1.165) is 23.7 Å². The van der Waals surface area contributed by atoms with Crippen LogP contribution in [0.2, 0.25) is 0 Å². The van der Waals surface area contributed by atoms with Crippen LogP contribution in [0.5, 0.6) is 0 Å². The van der Waals surface area contributed by atoms with Crippen LogP contribution in [0.25, 0.3) is 11.3 Å². The summed E-state index contributed by atoms with van der Waals surface area (Å²) in [6.45, 7) is 11.7. The average Bonchev–Trinajstić information content (AvgIpc) is 3.09. The smallest absolute Gasteiger partial charge is 0.237 e. The van der Waals surface area contributed by atoms with Gasteiger partial charge in [0, 0.05) is 30.8 Å². The van der Waals surface area contributed by atoms with Crippen molar-refractivity contribution in [3.8, 4) is 11.3 Å². The second-order valence-corrected chi connectivity index (χ2v) is 7.44. The number of aromatic nitrogens is 1. The fourth-order valence-electron chi connectivity index (χ4n) is 2.63. The molecular formula is C21H32FN3O2S. The van der Waals surface area contributed by atoms with Gasteiger partial charge in [0.1, 0.15) is 5.82 Å². The Morgan fingerprint density at radius 1 is 1.25 bits per heavy atom. The van der Waals surface area contributed by atoms with Crippen molar-refractivity contribution in [1.29, 1.82) is 0 Å². The van der Waals surface area contributed by atoms with Gasteiger partial charge in [0.25, 0.3) is 0 Å². The highest BCUT2D eigenvalue weighted by Gasteiger charge is 2.29. The van der Waals surface area contributed by atoms with E-state index in [1.807, 2.05) is 19.9 Å². The number of carbonyl (C=O) groups is 1. The number of thiol groups is 1. The largest absolute Gasteiger partial charge is 0.356 e. The molecule has 0 bridgehead atoms. The van der Waals surface area contributed by atoms with Crippen LogP contribution in [-0.4, -0.2) is 40.8 Å². The number of hydrogen-bond acceptors (Lipinski definition) is 5. The Bertz CT molecular complexity index is 716. The fraction of sp³-hybridized carbons (Fsp3) is 0.524. The molecule has 0 saturated carbocycles. The van der Waals surface area contributed by atoms with E-state index >= 15 is 0 Å². The molecular weight excluding hydrogens is 377 g/mol. The van der Waals surface area contributed by atoms with Crippen LogP contribution in [0, 0.1) is 11.7 Å². The van der Waals surface area contributed by atoms with Gasteiger partial charge in [-0.3, -0.25) is 9.69 Å². The number of benzene rings is 1. The van der Waals surface area contributed by atoms with Gasteiger partial charge in [-0.2, -0.15) is 12.6 Å². The minimum atomic E-state index is -0.286. The van der Waals surface area contributed by atoms with Crippen molar-refractivity contribution in [2.75, 3.05) is 12.8 Å². The van der Waals surface area contributed by atoms with Crippen LogP contribution in [0.4, 0.5) is 4.39 Å². The van der Waals surface area contributed by atoms with Gasteiger partial charge in [-0.15, -0.1) is 0 Å². The van der Waals surface area contributed by atoms with E-state index in [1.54, 1.807) is 18.4 Å². The zero-order valence-corrected chi connectivity index (χ0v) is 18.5. The minimum Gasteiger partial charge on any atom is -0.356 e. The first-order chi connectivity index (χ1) is 13.3. The first-order valence-corrected chi connectivity index (χ1v) is 10.4. The molecule has 5 nitrogen and oxygen atoms in total. The number of carbonyl (C=O) groups excluding carboxylic acids is 1. The highest BCUT2D eigenvalue weighted by molar-refractivity contribution is 7.79. The number of nitrogens with zero attached hydrogens (tertiary/aromatic N) is 2. The first-order valence-electron chi connectivity index (χ1n) is 9.47. The number of piperazine rings is 1. The molecule has 28 heavy (non-hydrogen) atoms. The third-order valence-electron chi connectivity index (χ3n) is 3.88. The minimum absolute atomic E-state index is 0.0287. The summed E-state index contributed by atoms with van der Waals surface area (Å²) in [5.41, 5.74) is 1.53. The molecule has 1 aromatic carbocycles. The Balaban J connectivity index is 0.000000583. The lowest BCUT2D eigenvalue weighted by molar-refractivity contribution is -0.130. The molecule has 2 atom stereocenters. The van der Waals surface area contributed by atoms with Gasteiger partial charge in [-0.25, -0.2) is 4.39 Å². The Hall–Kier alpha value is -1.86. The summed E-state index contributed by atoms with van der Waals surface area (Å²) >= 11 is 3.53. The van der Waals surface area contributed by atoms with Crippen LogP contribution < -0.4 is 5.32 Å². The average molecular weight is 410 g/mol. The van der Waals surface area contributed by atoms with Crippen molar-refractivity contribution in [3.05, 3.63) is 41.8 Å². The maximum Gasteiger partial charge on any atom is 0.237 e. The molecule has 1 N–H and O–H groups in total. The molecule has 1 amide bonds. The van der Waals surface area contributed by atoms with Crippen molar-refractivity contribution in [2.24, 2.45) is 5.92 Å². The maximum absolute atomic E-state index is 12.9. The van der Waals surface area contributed by atoms with Crippen LogP contribution in [0.3, 0.4) is 0 Å². The van der Waals surface area contributed by atoms with E-state index < -0.39 is 0 Å². The molecule has 2 unspecified atom stereocenters. The van der Waals surface area contributed by atoms with E-state index in [1.165, 1.54) is 12.1 Å². The maximum atomic E-state index is 12.9. The van der Waals surface area contributed by atoms with Gasteiger partial charge < -0.3 is 9.84 Å². The summed E-state index contributed by atoms with van der Waals surface area (Å²) in [4.78, 5) is 13.9. The highest BCUT2D eigenvalue weighted by Crippen LogP contribution is 2.22.